The number of nitrogens with zero attached hydrogens (tertiary/aromatic N) is 1. The lowest BCUT2D eigenvalue weighted by Gasteiger charge is -2.14. The van der Waals surface area contributed by atoms with Crippen molar-refractivity contribution in [3.8, 4) is 10.6 Å². The van der Waals surface area contributed by atoms with Crippen LogP contribution in [0.3, 0.4) is 0 Å². The molecule has 1 heterocycles. The summed E-state index contributed by atoms with van der Waals surface area (Å²) >= 11 is 13.5. The molecule has 0 aliphatic rings. The summed E-state index contributed by atoms with van der Waals surface area (Å²) in [6.07, 6.45) is 0. The first kappa shape index (κ1) is 19.4. The van der Waals surface area contributed by atoms with Crippen molar-refractivity contribution in [2.75, 3.05) is 0 Å². The molecule has 27 heavy (non-hydrogen) atoms. The number of aliphatic carboxylic acids is 1. The van der Waals surface area contributed by atoms with Gasteiger partial charge in [-0.3, -0.25) is 4.79 Å². The Labute approximate surface area is 169 Å². The molecule has 138 valence electrons. The summed E-state index contributed by atoms with van der Waals surface area (Å²) < 4.78 is 0. The molecule has 1 atom stereocenters. The average molecular weight is 421 g/mol. The van der Waals surface area contributed by atoms with Crippen molar-refractivity contribution >= 4 is 46.4 Å². The number of amides is 1. The van der Waals surface area contributed by atoms with Gasteiger partial charge in [0.25, 0.3) is 5.91 Å². The van der Waals surface area contributed by atoms with Gasteiger partial charge >= 0.3 is 5.97 Å². The highest BCUT2D eigenvalue weighted by atomic mass is 35.5. The largest absolute Gasteiger partial charge is 0.479 e. The molecule has 2 N–H and O–H groups in total. The third-order valence-electron chi connectivity index (χ3n) is 3.83. The Morgan fingerprint density at radius 3 is 2.30 bits per heavy atom. The van der Waals surface area contributed by atoms with E-state index in [1.54, 1.807) is 55.5 Å². The van der Waals surface area contributed by atoms with Crippen LogP contribution in [0.25, 0.3) is 10.6 Å². The molecule has 1 aromatic heterocycles. The van der Waals surface area contributed by atoms with Gasteiger partial charge in [-0.2, -0.15) is 0 Å². The van der Waals surface area contributed by atoms with E-state index < -0.39 is 17.9 Å². The fourth-order valence-electron chi connectivity index (χ4n) is 2.55. The summed E-state index contributed by atoms with van der Waals surface area (Å²) in [4.78, 5) is 29.0. The maximum Gasteiger partial charge on any atom is 0.330 e. The highest BCUT2D eigenvalue weighted by Gasteiger charge is 2.25. The van der Waals surface area contributed by atoms with Crippen molar-refractivity contribution in [1.82, 2.24) is 10.3 Å². The topological polar surface area (TPSA) is 79.3 Å². The second kappa shape index (κ2) is 8.08. The summed E-state index contributed by atoms with van der Waals surface area (Å²) in [7, 11) is 0. The van der Waals surface area contributed by atoms with Gasteiger partial charge in [0.2, 0.25) is 0 Å². The van der Waals surface area contributed by atoms with Gasteiger partial charge in [0, 0.05) is 5.56 Å². The lowest BCUT2D eigenvalue weighted by molar-refractivity contribution is -0.139. The molecule has 1 amide bonds. The van der Waals surface area contributed by atoms with Crippen LogP contribution in [-0.4, -0.2) is 22.0 Å². The summed E-state index contributed by atoms with van der Waals surface area (Å²) in [5.41, 5.74) is 1.50. The first-order valence-electron chi connectivity index (χ1n) is 7.89. The molecule has 0 saturated heterocycles. The molecule has 2 aromatic carbocycles. The van der Waals surface area contributed by atoms with Gasteiger partial charge in [0.15, 0.2) is 6.04 Å². The number of thiazole rings is 1. The van der Waals surface area contributed by atoms with Crippen LogP contribution < -0.4 is 5.32 Å². The standard InChI is InChI=1S/C19H14Cl2N2O3S/c1-10-16(27-18(22-10)14-12(20)8-5-9-13(14)21)17(24)23-15(19(25)26)11-6-3-2-4-7-11/h2-9,15H,1H3,(H,23,24)(H,25,26). The minimum absolute atomic E-state index is 0.308. The third kappa shape index (κ3) is 4.13. The number of rotatable bonds is 5. The van der Waals surface area contributed by atoms with Crippen molar-refractivity contribution in [3.05, 3.63) is 74.7 Å². The summed E-state index contributed by atoms with van der Waals surface area (Å²) in [5, 5.41) is 13.4. The zero-order valence-corrected chi connectivity index (χ0v) is 16.4. The van der Waals surface area contributed by atoms with Crippen molar-refractivity contribution in [2.45, 2.75) is 13.0 Å². The molecule has 0 saturated carbocycles. The van der Waals surface area contributed by atoms with E-state index in [0.717, 1.165) is 11.3 Å². The zero-order valence-electron chi connectivity index (χ0n) is 14.1. The van der Waals surface area contributed by atoms with Gasteiger partial charge < -0.3 is 10.4 Å². The lowest BCUT2D eigenvalue weighted by Crippen LogP contribution is -2.33. The fraction of sp³-hybridized carbons (Fsp3) is 0.105. The number of nitrogens with one attached hydrogen (secondary N) is 1. The lowest BCUT2D eigenvalue weighted by atomic mass is 10.1. The Morgan fingerprint density at radius 1 is 1.07 bits per heavy atom. The van der Waals surface area contributed by atoms with Gasteiger partial charge in [-0.05, 0) is 24.6 Å². The number of aryl methyl sites for hydroxylation is 1. The van der Waals surface area contributed by atoms with E-state index in [4.69, 9.17) is 23.2 Å². The molecule has 8 heteroatoms. The Hall–Kier alpha value is -2.41. The minimum atomic E-state index is -1.16. The van der Waals surface area contributed by atoms with E-state index in [2.05, 4.69) is 10.3 Å². The summed E-state index contributed by atoms with van der Waals surface area (Å²) in [6.45, 7) is 1.68. The number of carboxylic acids is 1. The van der Waals surface area contributed by atoms with Crippen molar-refractivity contribution in [2.24, 2.45) is 0 Å². The monoisotopic (exact) mass is 420 g/mol. The number of aromatic nitrogens is 1. The number of carbonyl (C=O) groups excluding carboxylic acids is 1. The third-order valence-corrected chi connectivity index (χ3v) is 5.64. The number of carbonyl (C=O) groups is 2. The van der Waals surface area contributed by atoms with Gasteiger partial charge in [0.05, 0.1) is 15.7 Å². The average Bonchev–Trinajstić information content (AvgIpc) is 3.01. The first-order valence-corrected chi connectivity index (χ1v) is 9.46. The van der Waals surface area contributed by atoms with Crippen LogP contribution in [0.4, 0.5) is 0 Å². The van der Waals surface area contributed by atoms with Crippen LogP contribution >= 0.6 is 34.5 Å². The Morgan fingerprint density at radius 2 is 1.70 bits per heavy atom. The summed E-state index contributed by atoms with van der Waals surface area (Å²) in [5.74, 6) is -1.67. The maximum absolute atomic E-state index is 12.7. The van der Waals surface area contributed by atoms with Crippen LogP contribution in [-0.2, 0) is 4.79 Å². The summed E-state index contributed by atoms with van der Waals surface area (Å²) in [6, 6.07) is 12.4. The predicted octanol–water partition coefficient (Wildman–Crippen LogP) is 4.98. The van der Waals surface area contributed by atoms with Crippen LogP contribution in [0.5, 0.6) is 0 Å². The molecular formula is C19H14Cl2N2O3S. The maximum atomic E-state index is 12.7. The number of benzene rings is 2. The SMILES string of the molecule is Cc1nc(-c2c(Cl)cccc2Cl)sc1C(=O)NC(C(=O)O)c1ccccc1. The molecule has 0 spiro atoms. The van der Waals surface area contributed by atoms with E-state index in [1.165, 1.54) is 0 Å². The quantitative estimate of drug-likeness (QED) is 0.609. The number of hydrogen-bond acceptors (Lipinski definition) is 4. The van der Waals surface area contributed by atoms with Gasteiger partial charge in [0.1, 0.15) is 9.88 Å². The number of carboxylic acid groups (broad SMARTS) is 1. The number of hydrogen-bond donors (Lipinski definition) is 2. The Kier molecular flexibility index (Phi) is 5.79. The molecule has 0 aliphatic heterocycles. The molecule has 0 radical (unpaired) electrons. The second-order valence-electron chi connectivity index (χ2n) is 5.69. The van der Waals surface area contributed by atoms with E-state index in [1.807, 2.05) is 0 Å². The highest BCUT2D eigenvalue weighted by Crippen LogP contribution is 2.38. The van der Waals surface area contributed by atoms with Gasteiger partial charge in [-0.25, -0.2) is 9.78 Å². The molecule has 1 unspecified atom stereocenters. The van der Waals surface area contributed by atoms with E-state index >= 15 is 0 Å². The van der Waals surface area contributed by atoms with Crippen LogP contribution in [0.15, 0.2) is 48.5 Å². The van der Waals surface area contributed by atoms with Crippen LogP contribution in [0.1, 0.15) is 27.0 Å². The Balaban J connectivity index is 1.92. The first-order chi connectivity index (χ1) is 12.9. The molecule has 5 nitrogen and oxygen atoms in total. The Bertz CT molecular complexity index is 985. The molecular weight excluding hydrogens is 407 g/mol. The van der Waals surface area contributed by atoms with Gasteiger partial charge in [-0.15, -0.1) is 11.3 Å². The zero-order chi connectivity index (χ0) is 19.6. The molecule has 0 bridgehead atoms. The second-order valence-corrected chi connectivity index (χ2v) is 7.50. The minimum Gasteiger partial charge on any atom is -0.479 e. The number of halogens is 2. The normalized spacial score (nSPS) is 11.8. The molecule has 3 aromatic rings. The van der Waals surface area contributed by atoms with Crippen LogP contribution in [0.2, 0.25) is 10.0 Å². The molecule has 0 aliphatic carbocycles. The van der Waals surface area contributed by atoms with Crippen molar-refractivity contribution in [1.29, 1.82) is 0 Å². The van der Waals surface area contributed by atoms with E-state index in [-0.39, 0.29) is 0 Å². The van der Waals surface area contributed by atoms with Crippen molar-refractivity contribution < 1.29 is 14.7 Å². The van der Waals surface area contributed by atoms with Crippen LogP contribution in [0, 0.1) is 6.92 Å². The van der Waals surface area contributed by atoms with Gasteiger partial charge in [-0.1, -0.05) is 59.6 Å². The fourth-order valence-corrected chi connectivity index (χ4v) is 4.28. The smallest absolute Gasteiger partial charge is 0.330 e. The molecule has 0 fully saturated rings. The predicted molar refractivity (Wildman–Crippen MR) is 107 cm³/mol. The molecule has 3 rings (SSSR count). The van der Waals surface area contributed by atoms with E-state index in [9.17, 15) is 14.7 Å². The van der Waals surface area contributed by atoms with E-state index in [0.29, 0.717) is 36.8 Å². The van der Waals surface area contributed by atoms with Crippen molar-refractivity contribution in [3.63, 3.8) is 0 Å². The highest BCUT2D eigenvalue weighted by molar-refractivity contribution is 7.17.